The summed E-state index contributed by atoms with van der Waals surface area (Å²) in [6.07, 6.45) is 0.901. The molecule has 0 atom stereocenters. The van der Waals surface area contributed by atoms with Crippen LogP contribution in [0.4, 0.5) is 5.69 Å². The molecule has 0 unspecified atom stereocenters. The molecule has 0 heterocycles. The Morgan fingerprint density at radius 2 is 1.74 bits per heavy atom. The number of nitrogens with one attached hydrogen (secondary N) is 1. The third kappa shape index (κ3) is 5.93. The zero-order valence-electron chi connectivity index (χ0n) is 13.4. The number of rotatable bonds is 7. The summed E-state index contributed by atoms with van der Waals surface area (Å²) in [5, 5.41) is 2.95. The molecule has 3 N–H and O–H groups in total. The number of nitrogens with two attached hydrogens (primary N) is 1. The Morgan fingerprint density at radius 3 is 2.35 bits per heavy atom. The van der Waals surface area contributed by atoms with Crippen molar-refractivity contribution < 1.29 is 4.79 Å². The van der Waals surface area contributed by atoms with Gasteiger partial charge in [-0.2, -0.15) is 0 Å². The molecular weight excluding hydrogens is 310 g/mol. The zero-order chi connectivity index (χ0) is 15.8. The van der Waals surface area contributed by atoms with Crippen LogP contribution in [0.15, 0.2) is 54.6 Å². The minimum absolute atomic E-state index is 0. The van der Waals surface area contributed by atoms with E-state index in [2.05, 4.69) is 29.4 Å². The molecule has 1 amide bonds. The number of amides is 1. The minimum atomic E-state index is -0.0362. The average Bonchev–Trinajstić information content (AvgIpc) is 2.59. The van der Waals surface area contributed by atoms with E-state index in [0.29, 0.717) is 18.7 Å². The quantitative estimate of drug-likeness (QED) is 0.766. The van der Waals surface area contributed by atoms with Gasteiger partial charge in [0.1, 0.15) is 0 Å². The molecule has 0 bridgehead atoms. The van der Waals surface area contributed by atoms with Crippen LogP contribution >= 0.6 is 12.4 Å². The first-order valence-electron chi connectivity index (χ1n) is 7.54. The second-order valence-corrected chi connectivity index (χ2v) is 5.27. The first-order chi connectivity index (χ1) is 10.7. The Kier molecular flexibility index (Phi) is 8.16. The van der Waals surface area contributed by atoms with Crippen molar-refractivity contribution in [2.24, 2.45) is 5.73 Å². The number of benzene rings is 2. The number of hydrogen-bond acceptors (Lipinski definition) is 3. The van der Waals surface area contributed by atoms with Gasteiger partial charge in [-0.05, 0) is 36.2 Å². The third-order valence-electron chi connectivity index (χ3n) is 3.60. The minimum Gasteiger partial charge on any atom is -0.375 e. The standard InChI is InChI=1S/C18H23N3O.ClH/c1-21(17-6-3-2-4-7-17)13-5-12-20-18(22)16-10-8-15(14-19)9-11-16;/h2-4,6-11H,5,12-14,19H2,1H3,(H,20,22);1H. The van der Waals surface area contributed by atoms with Crippen LogP contribution in [-0.2, 0) is 6.54 Å². The van der Waals surface area contributed by atoms with Gasteiger partial charge < -0.3 is 16.0 Å². The van der Waals surface area contributed by atoms with E-state index in [1.165, 1.54) is 5.69 Å². The Balaban J connectivity index is 0.00000264. The van der Waals surface area contributed by atoms with E-state index in [0.717, 1.165) is 18.5 Å². The average molecular weight is 334 g/mol. The molecule has 0 spiro atoms. The van der Waals surface area contributed by atoms with Crippen LogP contribution in [0.5, 0.6) is 0 Å². The van der Waals surface area contributed by atoms with Gasteiger partial charge in [0.2, 0.25) is 0 Å². The van der Waals surface area contributed by atoms with E-state index >= 15 is 0 Å². The molecule has 23 heavy (non-hydrogen) atoms. The van der Waals surface area contributed by atoms with E-state index < -0.39 is 0 Å². The number of carbonyl (C=O) groups excluding carboxylic acids is 1. The predicted octanol–water partition coefficient (Wildman–Crippen LogP) is 2.82. The summed E-state index contributed by atoms with van der Waals surface area (Å²) in [5.41, 5.74) is 8.43. The number of carbonyl (C=O) groups is 1. The summed E-state index contributed by atoms with van der Waals surface area (Å²) in [6.45, 7) is 2.05. The van der Waals surface area contributed by atoms with Gasteiger partial charge in [-0.1, -0.05) is 30.3 Å². The van der Waals surface area contributed by atoms with Crippen LogP contribution in [-0.4, -0.2) is 26.0 Å². The monoisotopic (exact) mass is 333 g/mol. The van der Waals surface area contributed by atoms with Crippen molar-refractivity contribution in [2.45, 2.75) is 13.0 Å². The van der Waals surface area contributed by atoms with Crippen LogP contribution in [0.2, 0.25) is 0 Å². The number of anilines is 1. The lowest BCUT2D eigenvalue weighted by molar-refractivity contribution is 0.0953. The fraction of sp³-hybridized carbons (Fsp3) is 0.278. The van der Waals surface area contributed by atoms with Crippen LogP contribution in [0, 0.1) is 0 Å². The lowest BCUT2D eigenvalue weighted by Gasteiger charge is -2.19. The van der Waals surface area contributed by atoms with Gasteiger partial charge in [0.25, 0.3) is 5.91 Å². The summed E-state index contributed by atoms with van der Waals surface area (Å²) in [5.74, 6) is -0.0362. The number of halogens is 1. The molecule has 2 aromatic carbocycles. The number of para-hydroxylation sites is 1. The lowest BCUT2D eigenvalue weighted by Crippen LogP contribution is -2.28. The maximum atomic E-state index is 12.0. The smallest absolute Gasteiger partial charge is 0.251 e. The van der Waals surface area contributed by atoms with Crippen LogP contribution in [0.1, 0.15) is 22.3 Å². The molecule has 124 valence electrons. The highest BCUT2D eigenvalue weighted by Crippen LogP contribution is 2.10. The molecule has 5 heteroatoms. The van der Waals surface area contributed by atoms with Gasteiger partial charge in [-0.15, -0.1) is 12.4 Å². The highest BCUT2D eigenvalue weighted by atomic mass is 35.5. The highest BCUT2D eigenvalue weighted by Gasteiger charge is 2.05. The van der Waals surface area contributed by atoms with E-state index in [1.807, 2.05) is 42.5 Å². The molecule has 2 aromatic rings. The fourth-order valence-corrected chi connectivity index (χ4v) is 2.22. The Labute approximate surface area is 144 Å². The Bertz CT molecular complexity index is 587. The molecule has 0 aliphatic rings. The molecule has 2 rings (SSSR count). The van der Waals surface area contributed by atoms with Crippen molar-refractivity contribution >= 4 is 24.0 Å². The lowest BCUT2D eigenvalue weighted by atomic mass is 10.1. The van der Waals surface area contributed by atoms with Gasteiger partial charge in [-0.3, -0.25) is 4.79 Å². The van der Waals surface area contributed by atoms with Crippen LogP contribution in [0.3, 0.4) is 0 Å². The molecule has 0 radical (unpaired) electrons. The van der Waals surface area contributed by atoms with Crippen molar-refractivity contribution in [3.8, 4) is 0 Å². The van der Waals surface area contributed by atoms with Crippen molar-refractivity contribution in [3.05, 3.63) is 65.7 Å². The van der Waals surface area contributed by atoms with Crippen molar-refractivity contribution in [1.82, 2.24) is 5.32 Å². The summed E-state index contributed by atoms with van der Waals surface area (Å²) < 4.78 is 0. The summed E-state index contributed by atoms with van der Waals surface area (Å²) >= 11 is 0. The third-order valence-corrected chi connectivity index (χ3v) is 3.60. The largest absolute Gasteiger partial charge is 0.375 e. The van der Waals surface area contributed by atoms with Gasteiger partial charge in [0, 0.05) is 37.9 Å². The molecule has 0 aromatic heterocycles. The fourth-order valence-electron chi connectivity index (χ4n) is 2.22. The van der Waals surface area contributed by atoms with Crippen molar-refractivity contribution in [3.63, 3.8) is 0 Å². The maximum Gasteiger partial charge on any atom is 0.251 e. The van der Waals surface area contributed by atoms with Crippen LogP contribution < -0.4 is 16.0 Å². The first-order valence-corrected chi connectivity index (χ1v) is 7.54. The summed E-state index contributed by atoms with van der Waals surface area (Å²) in [4.78, 5) is 14.2. The normalized spacial score (nSPS) is 9.83. The molecule has 0 saturated heterocycles. The maximum absolute atomic E-state index is 12.0. The second-order valence-electron chi connectivity index (χ2n) is 5.27. The van der Waals surface area contributed by atoms with Crippen molar-refractivity contribution in [2.75, 3.05) is 25.0 Å². The Hall–Kier alpha value is -2.04. The topological polar surface area (TPSA) is 58.4 Å². The van der Waals surface area contributed by atoms with E-state index in [4.69, 9.17) is 5.73 Å². The molecule has 0 fully saturated rings. The predicted molar refractivity (Wildman–Crippen MR) is 98.2 cm³/mol. The van der Waals surface area contributed by atoms with E-state index in [9.17, 15) is 4.79 Å². The number of nitrogens with zero attached hydrogens (tertiary/aromatic N) is 1. The highest BCUT2D eigenvalue weighted by molar-refractivity contribution is 5.94. The molecule has 0 aliphatic carbocycles. The first kappa shape index (κ1) is 19.0. The van der Waals surface area contributed by atoms with Gasteiger partial charge >= 0.3 is 0 Å². The van der Waals surface area contributed by atoms with Crippen LogP contribution in [0.25, 0.3) is 0 Å². The summed E-state index contributed by atoms with van der Waals surface area (Å²) in [6, 6.07) is 17.6. The summed E-state index contributed by atoms with van der Waals surface area (Å²) in [7, 11) is 2.06. The van der Waals surface area contributed by atoms with Gasteiger partial charge in [-0.25, -0.2) is 0 Å². The molecule has 0 saturated carbocycles. The SMILES string of the molecule is CN(CCCNC(=O)c1ccc(CN)cc1)c1ccccc1.Cl. The Morgan fingerprint density at radius 1 is 1.09 bits per heavy atom. The van der Waals surface area contributed by atoms with Gasteiger partial charge in [0.15, 0.2) is 0 Å². The zero-order valence-corrected chi connectivity index (χ0v) is 14.2. The van der Waals surface area contributed by atoms with Crippen molar-refractivity contribution in [1.29, 1.82) is 0 Å². The van der Waals surface area contributed by atoms with E-state index in [-0.39, 0.29) is 18.3 Å². The molecule has 4 nitrogen and oxygen atoms in total. The second kappa shape index (κ2) is 9.87. The van der Waals surface area contributed by atoms with E-state index in [1.54, 1.807) is 0 Å². The molecular formula is C18H24ClN3O. The number of hydrogen-bond donors (Lipinski definition) is 2. The molecule has 0 aliphatic heterocycles. The van der Waals surface area contributed by atoms with Gasteiger partial charge in [0.05, 0.1) is 0 Å².